The summed E-state index contributed by atoms with van der Waals surface area (Å²) in [4.78, 5) is 39.6. The highest BCUT2D eigenvalue weighted by Gasteiger charge is 2.26. The van der Waals surface area contributed by atoms with Crippen molar-refractivity contribution >= 4 is 29.2 Å². The molecule has 0 fully saturated rings. The van der Waals surface area contributed by atoms with E-state index >= 15 is 0 Å². The van der Waals surface area contributed by atoms with Crippen LogP contribution in [0.1, 0.15) is 6.42 Å². The molecule has 0 atom stereocenters. The van der Waals surface area contributed by atoms with Crippen molar-refractivity contribution in [2.45, 2.75) is 6.42 Å². The lowest BCUT2D eigenvalue weighted by atomic mass is 10.2. The Balaban J connectivity index is 1.64. The second-order valence-corrected chi connectivity index (χ2v) is 6.18. The fourth-order valence-electron chi connectivity index (χ4n) is 2.89. The highest BCUT2D eigenvalue weighted by atomic mass is 16.5. The number of amides is 2. The van der Waals surface area contributed by atoms with E-state index < -0.39 is 18.5 Å². The number of anilines is 2. The molecule has 0 aliphatic carbocycles. The lowest BCUT2D eigenvalue weighted by molar-refractivity contribution is -0.146. The van der Waals surface area contributed by atoms with E-state index in [9.17, 15) is 14.4 Å². The largest absolute Gasteiger partial charge is 0.491 e. The third-order valence-corrected chi connectivity index (χ3v) is 4.27. The van der Waals surface area contributed by atoms with Crippen LogP contribution in [0.15, 0.2) is 54.6 Å². The molecule has 1 aliphatic heterocycles. The average Bonchev–Trinajstić information content (AvgIpc) is 2.90. The first-order chi connectivity index (χ1) is 14.1. The zero-order valence-electron chi connectivity index (χ0n) is 15.6. The van der Waals surface area contributed by atoms with Gasteiger partial charge in [-0.2, -0.15) is 5.26 Å². The fourth-order valence-corrected chi connectivity index (χ4v) is 2.89. The van der Waals surface area contributed by atoms with Gasteiger partial charge >= 0.3 is 5.97 Å². The molecule has 3 rings (SSSR count). The molecule has 2 amide bonds. The number of nitrogens with zero attached hydrogens (tertiary/aromatic N) is 3. The van der Waals surface area contributed by atoms with Crippen molar-refractivity contribution in [3.05, 3.63) is 54.6 Å². The number of hydrogen-bond donors (Lipinski definition) is 0. The van der Waals surface area contributed by atoms with Crippen LogP contribution < -0.4 is 14.5 Å². The number of benzene rings is 2. The molecular formula is C21H19N3O5. The zero-order valence-corrected chi connectivity index (χ0v) is 15.6. The fraction of sp³-hybridized carbons (Fsp3) is 0.238. The first kappa shape index (κ1) is 19.9. The van der Waals surface area contributed by atoms with Crippen LogP contribution in [0.25, 0.3) is 0 Å². The average molecular weight is 393 g/mol. The predicted molar refractivity (Wildman–Crippen MR) is 104 cm³/mol. The van der Waals surface area contributed by atoms with E-state index in [1.165, 1.54) is 9.80 Å². The Morgan fingerprint density at radius 3 is 2.62 bits per heavy atom. The maximum atomic E-state index is 12.4. The van der Waals surface area contributed by atoms with E-state index in [-0.39, 0.29) is 32.0 Å². The van der Waals surface area contributed by atoms with Crippen LogP contribution in [0.3, 0.4) is 0 Å². The second kappa shape index (κ2) is 9.37. The van der Waals surface area contributed by atoms with Crippen LogP contribution in [0.5, 0.6) is 5.75 Å². The smallest absolute Gasteiger partial charge is 0.326 e. The Morgan fingerprint density at radius 2 is 1.86 bits per heavy atom. The number of carbonyl (C=O) groups is 3. The molecule has 29 heavy (non-hydrogen) atoms. The molecule has 0 radical (unpaired) electrons. The highest BCUT2D eigenvalue weighted by Crippen LogP contribution is 2.30. The third kappa shape index (κ3) is 4.90. The minimum atomic E-state index is -0.728. The number of esters is 1. The summed E-state index contributed by atoms with van der Waals surface area (Å²) in [7, 11) is 0. The van der Waals surface area contributed by atoms with E-state index in [1.807, 2.05) is 6.07 Å². The molecule has 0 saturated heterocycles. The monoisotopic (exact) mass is 393 g/mol. The number of hydrogen-bond acceptors (Lipinski definition) is 6. The van der Waals surface area contributed by atoms with Gasteiger partial charge in [-0.15, -0.1) is 0 Å². The highest BCUT2D eigenvalue weighted by molar-refractivity contribution is 6.00. The number of carbonyl (C=O) groups excluding carboxylic acids is 3. The molecule has 0 saturated carbocycles. The van der Waals surface area contributed by atoms with Crippen molar-refractivity contribution in [3.8, 4) is 11.8 Å². The molecule has 0 bridgehead atoms. The van der Waals surface area contributed by atoms with Gasteiger partial charge in [0.25, 0.3) is 5.91 Å². The van der Waals surface area contributed by atoms with Crippen molar-refractivity contribution < 1.29 is 23.9 Å². The SMILES string of the molecule is N#CCN(C(=O)COC(=O)CN1C(=O)CCOc2ccccc21)c1ccccc1. The van der Waals surface area contributed by atoms with Gasteiger partial charge in [-0.3, -0.25) is 24.2 Å². The van der Waals surface area contributed by atoms with Gasteiger partial charge in [0, 0.05) is 5.69 Å². The molecule has 148 valence electrons. The zero-order chi connectivity index (χ0) is 20.6. The van der Waals surface area contributed by atoms with Crippen molar-refractivity contribution in [1.82, 2.24) is 0 Å². The Bertz CT molecular complexity index is 939. The predicted octanol–water partition coefficient (Wildman–Crippen LogP) is 1.90. The topological polar surface area (TPSA) is 99.9 Å². The van der Waals surface area contributed by atoms with Gasteiger partial charge in [-0.25, -0.2) is 0 Å². The maximum Gasteiger partial charge on any atom is 0.326 e. The van der Waals surface area contributed by atoms with Crippen LogP contribution in [-0.2, 0) is 19.1 Å². The summed E-state index contributed by atoms with van der Waals surface area (Å²) in [5.74, 6) is -1.02. The van der Waals surface area contributed by atoms with E-state index in [2.05, 4.69) is 0 Å². The maximum absolute atomic E-state index is 12.4. The Labute approximate surface area is 167 Å². The first-order valence-corrected chi connectivity index (χ1v) is 9.00. The second-order valence-electron chi connectivity index (χ2n) is 6.18. The summed E-state index contributed by atoms with van der Waals surface area (Å²) in [6.45, 7) is -0.818. The van der Waals surface area contributed by atoms with Crippen LogP contribution in [0.2, 0.25) is 0 Å². The normalized spacial score (nSPS) is 12.8. The van der Waals surface area contributed by atoms with E-state index in [0.717, 1.165) is 0 Å². The lowest BCUT2D eigenvalue weighted by Crippen LogP contribution is -2.39. The summed E-state index contributed by atoms with van der Waals surface area (Å²) in [6, 6.07) is 17.5. The Kier molecular flexibility index (Phi) is 6.43. The Hall–Kier alpha value is -3.86. The molecule has 1 heterocycles. The Morgan fingerprint density at radius 1 is 1.14 bits per heavy atom. The van der Waals surface area contributed by atoms with Crippen LogP contribution in [0.4, 0.5) is 11.4 Å². The van der Waals surface area contributed by atoms with E-state index in [1.54, 1.807) is 54.6 Å². The van der Waals surface area contributed by atoms with Gasteiger partial charge in [0.2, 0.25) is 5.91 Å². The molecule has 0 aromatic heterocycles. The van der Waals surface area contributed by atoms with E-state index in [4.69, 9.17) is 14.7 Å². The number of ether oxygens (including phenoxy) is 2. The van der Waals surface area contributed by atoms with Gasteiger partial charge in [0.05, 0.1) is 24.8 Å². The van der Waals surface area contributed by atoms with E-state index in [0.29, 0.717) is 17.1 Å². The summed E-state index contributed by atoms with van der Waals surface area (Å²) in [5.41, 5.74) is 1.01. The molecule has 2 aromatic rings. The molecule has 0 spiro atoms. The number of fused-ring (bicyclic) bond motifs is 1. The summed E-state index contributed by atoms with van der Waals surface area (Å²) in [5, 5.41) is 8.98. The number of para-hydroxylation sites is 3. The van der Waals surface area contributed by atoms with Gasteiger partial charge in [0.15, 0.2) is 6.61 Å². The van der Waals surface area contributed by atoms with Crippen molar-refractivity contribution in [2.24, 2.45) is 0 Å². The molecule has 8 heteroatoms. The molecular weight excluding hydrogens is 374 g/mol. The standard InChI is InChI=1S/C21H19N3O5/c22-11-12-23(16-6-2-1-3-7-16)20(26)15-29-21(27)14-24-17-8-4-5-9-18(17)28-13-10-19(24)25/h1-9H,10,12-15H2. The number of rotatable bonds is 6. The van der Waals surface area contributed by atoms with Crippen LogP contribution >= 0.6 is 0 Å². The molecule has 1 aliphatic rings. The number of nitriles is 1. The summed E-state index contributed by atoms with van der Waals surface area (Å²) in [6.07, 6.45) is 0.130. The molecule has 8 nitrogen and oxygen atoms in total. The quantitative estimate of drug-likeness (QED) is 0.549. The minimum Gasteiger partial charge on any atom is -0.491 e. The lowest BCUT2D eigenvalue weighted by Gasteiger charge is -2.22. The molecule has 2 aromatic carbocycles. The van der Waals surface area contributed by atoms with Gasteiger partial charge in [0.1, 0.15) is 18.8 Å². The molecule has 0 unspecified atom stereocenters. The van der Waals surface area contributed by atoms with Gasteiger partial charge < -0.3 is 9.47 Å². The van der Waals surface area contributed by atoms with Gasteiger partial charge in [-0.05, 0) is 24.3 Å². The summed E-state index contributed by atoms with van der Waals surface area (Å²) >= 11 is 0. The van der Waals surface area contributed by atoms with Crippen LogP contribution in [0, 0.1) is 11.3 Å². The van der Waals surface area contributed by atoms with Crippen molar-refractivity contribution in [3.63, 3.8) is 0 Å². The van der Waals surface area contributed by atoms with Crippen molar-refractivity contribution in [1.29, 1.82) is 5.26 Å². The van der Waals surface area contributed by atoms with Crippen molar-refractivity contribution in [2.75, 3.05) is 36.1 Å². The molecule has 0 N–H and O–H groups in total. The van der Waals surface area contributed by atoms with Gasteiger partial charge in [-0.1, -0.05) is 30.3 Å². The minimum absolute atomic E-state index is 0.130. The summed E-state index contributed by atoms with van der Waals surface area (Å²) < 4.78 is 10.6. The van der Waals surface area contributed by atoms with Crippen LogP contribution in [-0.4, -0.2) is 44.1 Å². The first-order valence-electron chi connectivity index (χ1n) is 9.00. The third-order valence-electron chi connectivity index (χ3n) is 4.27.